The second-order valence-electron chi connectivity index (χ2n) is 5.50. The van der Waals surface area contributed by atoms with Crippen LogP contribution in [0.3, 0.4) is 0 Å². The van der Waals surface area contributed by atoms with Crippen LogP contribution in [0, 0.1) is 6.92 Å². The lowest BCUT2D eigenvalue weighted by Gasteiger charge is -2.13. The van der Waals surface area contributed by atoms with Gasteiger partial charge >= 0.3 is 5.97 Å². The fourth-order valence-electron chi connectivity index (χ4n) is 2.44. The average molecular weight is 400 g/mol. The minimum absolute atomic E-state index is 0. The minimum Gasteiger partial charge on any atom is -0.423 e. The van der Waals surface area contributed by atoms with Gasteiger partial charge in [-0.3, -0.25) is 4.99 Å². The summed E-state index contributed by atoms with van der Waals surface area (Å²) >= 11 is 11.8. The van der Waals surface area contributed by atoms with Crippen molar-refractivity contribution in [1.29, 1.82) is 0 Å². The molecule has 1 N–H and O–H groups in total. The van der Waals surface area contributed by atoms with E-state index in [0.29, 0.717) is 21.4 Å². The van der Waals surface area contributed by atoms with E-state index in [0.717, 1.165) is 36.5 Å². The van der Waals surface area contributed by atoms with E-state index in [-0.39, 0.29) is 12.4 Å². The Morgan fingerprint density at radius 1 is 1.20 bits per heavy atom. The van der Waals surface area contributed by atoms with Crippen LogP contribution in [0.25, 0.3) is 0 Å². The van der Waals surface area contributed by atoms with E-state index in [2.05, 4.69) is 10.3 Å². The summed E-state index contributed by atoms with van der Waals surface area (Å²) in [6, 6.07) is 10.2. The van der Waals surface area contributed by atoms with Crippen LogP contribution in [0.5, 0.6) is 5.75 Å². The standard InChI is InChI=1S/C18H16Cl2N2O2.ClH/c1-11-15(22-17-6-3-9-21-17)4-2-5-16(11)24-18(23)12-7-8-13(19)14(20)10-12;/h2,4-5,7-8,10H,3,6,9H2,1H3,(H,21,22);1H. The third-order valence-electron chi connectivity index (χ3n) is 3.80. The Morgan fingerprint density at radius 2 is 2.00 bits per heavy atom. The zero-order chi connectivity index (χ0) is 17.1. The highest BCUT2D eigenvalue weighted by atomic mass is 35.5. The molecule has 4 nitrogen and oxygen atoms in total. The Balaban J connectivity index is 0.00000225. The van der Waals surface area contributed by atoms with Gasteiger partial charge in [0.2, 0.25) is 0 Å². The molecule has 0 radical (unpaired) electrons. The lowest BCUT2D eigenvalue weighted by Crippen LogP contribution is -2.12. The lowest BCUT2D eigenvalue weighted by molar-refractivity contribution is 0.0733. The highest BCUT2D eigenvalue weighted by molar-refractivity contribution is 6.42. The first-order valence-electron chi connectivity index (χ1n) is 7.62. The van der Waals surface area contributed by atoms with Crippen LogP contribution in [0.2, 0.25) is 10.0 Å². The van der Waals surface area contributed by atoms with Crippen molar-refractivity contribution in [3.63, 3.8) is 0 Å². The topological polar surface area (TPSA) is 50.7 Å². The maximum atomic E-state index is 12.3. The molecule has 0 fully saturated rings. The summed E-state index contributed by atoms with van der Waals surface area (Å²) in [6.07, 6.45) is 2.00. The van der Waals surface area contributed by atoms with Gasteiger partial charge in [-0.05, 0) is 43.7 Å². The van der Waals surface area contributed by atoms with Crippen LogP contribution in [0.4, 0.5) is 5.69 Å². The molecule has 0 saturated heterocycles. The third kappa shape index (κ3) is 4.66. The Morgan fingerprint density at radius 3 is 2.68 bits per heavy atom. The number of nitrogens with one attached hydrogen (secondary N) is 1. The molecule has 0 aromatic heterocycles. The van der Waals surface area contributed by atoms with E-state index in [1.807, 2.05) is 19.1 Å². The first-order chi connectivity index (χ1) is 11.5. The Bertz CT molecular complexity index is 822. The molecule has 3 rings (SSSR count). The number of carbonyl (C=O) groups is 1. The van der Waals surface area contributed by atoms with Gasteiger partial charge in [0, 0.05) is 24.2 Å². The van der Waals surface area contributed by atoms with Gasteiger partial charge in [-0.1, -0.05) is 29.3 Å². The Labute approximate surface area is 162 Å². The molecule has 1 aliphatic heterocycles. The summed E-state index contributed by atoms with van der Waals surface area (Å²) in [5.41, 5.74) is 2.08. The predicted octanol–water partition coefficient (Wildman–Crippen LogP) is 5.55. The largest absolute Gasteiger partial charge is 0.423 e. The van der Waals surface area contributed by atoms with Gasteiger partial charge < -0.3 is 10.1 Å². The number of aliphatic imine (C=N–C) groups is 1. The number of benzene rings is 2. The van der Waals surface area contributed by atoms with Crippen LogP contribution in [0.15, 0.2) is 41.4 Å². The summed E-state index contributed by atoms with van der Waals surface area (Å²) in [5, 5.41) is 4.01. The van der Waals surface area contributed by atoms with E-state index < -0.39 is 5.97 Å². The summed E-state index contributed by atoms with van der Waals surface area (Å²) < 4.78 is 5.51. The van der Waals surface area contributed by atoms with E-state index >= 15 is 0 Å². The molecule has 25 heavy (non-hydrogen) atoms. The molecule has 0 unspecified atom stereocenters. The number of halogens is 3. The highest BCUT2D eigenvalue weighted by Gasteiger charge is 2.15. The third-order valence-corrected chi connectivity index (χ3v) is 4.53. The van der Waals surface area contributed by atoms with Gasteiger partial charge in [0.1, 0.15) is 11.6 Å². The lowest BCUT2D eigenvalue weighted by atomic mass is 10.1. The van der Waals surface area contributed by atoms with E-state index in [1.165, 1.54) is 6.07 Å². The fraction of sp³-hybridized carbons (Fsp3) is 0.222. The number of rotatable bonds is 3. The molecular weight excluding hydrogens is 383 g/mol. The quantitative estimate of drug-likeness (QED) is 0.544. The predicted molar refractivity (Wildman–Crippen MR) is 105 cm³/mol. The first kappa shape index (κ1) is 19.6. The number of nitrogens with zero attached hydrogens (tertiary/aromatic N) is 1. The number of amidine groups is 1. The second-order valence-corrected chi connectivity index (χ2v) is 6.32. The van der Waals surface area contributed by atoms with Crippen molar-refractivity contribution < 1.29 is 9.53 Å². The molecule has 1 heterocycles. The van der Waals surface area contributed by atoms with E-state index in [4.69, 9.17) is 27.9 Å². The molecule has 0 saturated carbocycles. The van der Waals surface area contributed by atoms with Gasteiger partial charge in [0.15, 0.2) is 0 Å². The Hall–Kier alpha value is -1.75. The van der Waals surface area contributed by atoms with Crippen molar-refractivity contribution in [2.75, 3.05) is 11.9 Å². The molecule has 1 aliphatic rings. The van der Waals surface area contributed by atoms with Crippen LogP contribution in [-0.4, -0.2) is 18.3 Å². The van der Waals surface area contributed by atoms with Crippen molar-refractivity contribution in [1.82, 2.24) is 0 Å². The molecule has 0 atom stereocenters. The van der Waals surface area contributed by atoms with Crippen molar-refractivity contribution in [2.45, 2.75) is 19.8 Å². The molecule has 0 bridgehead atoms. The average Bonchev–Trinajstić information content (AvgIpc) is 3.07. The zero-order valence-corrected chi connectivity index (χ0v) is 15.8. The second kappa shape index (κ2) is 8.56. The fourth-order valence-corrected chi connectivity index (χ4v) is 2.74. The van der Waals surface area contributed by atoms with Crippen molar-refractivity contribution in [3.8, 4) is 5.75 Å². The van der Waals surface area contributed by atoms with Crippen LogP contribution >= 0.6 is 35.6 Å². The summed E-state index contributed by atoms with van der Waals surface area (Å²) in [6.45, 7) is 2.75. The number of ether oxygens (including phenoxy) is 1. The van der Waals surface area contributed by atoms with Gasteiger partial charge in [-0.25, -0.2) is 4.79 Å². The zero-order valence-electron chi connectivity index (χ0n) is 13.5. The molecular formula is C18H17Cl3N2O2. The van der Waals surface area contributed by atoms with Gasteiger partial charge in [-0.2, -0.15) is 0 Å². The molecule has 0 aliphatic carbocycles. The van der Waals surface area contributed by atoms with Crippen molar-refractivity contribution in [3.05, 3.63) is 57.6 Å². The van der Waals surface area contributed by atoms with Crippen molar-refractivity contribution in [2.24, 2.45) is 4.99 Å². The van der Waals surface area contributed by atoms with Gasteiger partial charge in [0.05, 0.1) is 15.6 Å². The van der Waals surface area contributed by atoms with E-state index in [1.54, 1.807) is 18.2 Å². The SMILES string of the molecule is Cc1c(NC2=NCCC2)cccc1OC(=O)c1ccc(Cl)c(Cl)c1.Cl. The molecule has 0 amide bonds. The molecule has 2 aromatic carbocycles. The number of hydrogen-bond donors (Lipinski definition) is 1. The Kier molecular flexibility index (Phi) is 6.71. The maximum absolute atomic E-state index is 12.3. The molecule has 132 valence electrons. The number of anilines is 1. The molecule has 0 spiro atoms. The summed E-state index contributed by atoms with van der Waals surface area (Å²) in [4.78, 5) is 16.7. The highest BCUT2D eigenvalue weighted by Crippen LogP contribution is 2.28. The minimum atomic E-state index is -0.480. The van der Waals surface area contributed by atoms with Crippen LogP contribution in [-0.2, 0) is 0 Å². The maximum Gasteiger partial charge on any atom is 0.343 e. The summed E-state index contributed by atoms with van der Waals surface area (Å²) in [7, 11) is 0. The normalized spacial score (nSPS) is 13.0. The first-order valence-corrected chi connectivity index (χ1v) is 8.37. The summed E-state index contributed by atoms with van der Waals surface area (Å²) in [5.74, 6) is 0.979. The smallest absolute Gasteiger partial charge is 0.343 e. The van der Waals surface area contributed by atoms with Gasteiger partial charge in [0.25, 0.3) is 0 Å². The van der Waals surface area contributed by atoms with Gasteiger partial charge in [-0.15, -0.1) is 12.4 Å². The monoisotopic (exact) mass is 398 g/mol. The van der Waals surface area contributed by atoms with E-state index in [9.17, 15) is 4.79 Å². The number of carbonyl (C=O) groups excluding carboxylic acids is 1. The van der Waals surface area contributed by atoms with Crippen LogP contribution in [0.1, 0.15) is 28.8 Å². The molecule has 2 aromatic rings. The van der Waals surface area contributed by atoms with Crippen molar-refractivity contribution >= 4 is 53.1 Å². The molecule has 7 heteroatoms. The number of esters is 1. The number of hydrogen-bond acceptors (Lipinski definition) is 4. The van der Waals surface area contributed by atoms with Crippen LogP contribution < -0.4 is 10.1 Å².